The van der Waals surface area contributed by atoms with Gasteiger partial charge in [0.2, 0.25) is 0 Å². The minimum atomic E-state index is -2.12. The second-order valence-corrected chi connectivity index (χ2v) is 13.6. The van der Waals surface area contributed by atoms with E-state index in [1.54, 1.807) is 0 Å². The van der Waals surface area contributed by atoms with E-state index in [9.17, 15) is 0 Å². The molecule has 2 nitrogen and oxygen atoms in total. The first-order chi connectivity index (χ1) is 18.9. The first kappa shape index (κ1) is 25.6. The SMILES string of the molecule is C1=CN2C(c3ccccc31)[C@H]([P+](c1ccccc1)(c1ccccc1)c1ccccc1)CN2c1ccccc1.[Br-]. The van der Waals surface area contributed by atoms with Crippen molar-refractivity contribution in [3.05, 3.63) is 163 Å². The molecule has 39 heavy (non-hydrogen) atoms. The van der Waals surface area contributed by atoms with Crippen LogP contribution in [0.25, 0.3) is 6.08 Å². The third kappa shape index (κ3) is 4.22. The van der Waals surface area contributed by atoms with E-state index in [0.717, 1.165) is 6.54 Å². The van der Waals surface area contributed by atoms with Gasteiger partial charge in [-0.1, -0.05) is 97.1 Å². The normalized spacial score (nSPS) is 17.7. The molecule has 192 valence electrons. The number of hydrazine groups is 1. The lowest BCUT2D eigenvalue weighted by atomic mass is 9.96. The van der Waals surface area contributed by atoms with Crippen LogP contribution >= 0.6 is 7.26 Å². The molecular formula is C35H30BrN2P. The van der Waals surface area contributed by atoms with Gasteiger partial charge in [-0.2, -0.15) is 0 Å². The molecule has 0 N–H and O–H groups in total. The summed E-state index contributed by atoms with van der Waals surface area (Å²) in [5.74, 6) is 0. The number of anilines is 1. The first-order valence-corrected chi connectivity index (χ1v) is 15.2. The van der Waals surface area contributed by atoms with Crippen LogP contribution in [-0.2, 0) is 0 Å². The van der Waals surface area contributed by atoms with Crippen molar-refractivity contribution < 1.29 is 17.0 Å². The third-order valence-electron chi connectivity index (χ3n) is 8.05. The van der Waals surface area contributed by atoms with Gasteiger partial charge in [-0.15, -0.1) is 0 Å². The number of hydrogen-bond donors (Lipinski definition) is 0. The van der Waals surface area contributed by atoms with Crippen molar-refractivity contribution >= 4 is 34.9 Å². The van der Waals surface area contributed by atoms with Crippen molar-refractivity contribution in [1.29, 1.82) is 0 Å². The van der Waals surface area contributed by atoms with Gasteiger partial charge in [-0.3, -0.25) is 10.0 Å². The van der Waals surface area contributed by atoms with E-state index in [2.05, 4.69) is 168 Å². The zero-order valence-electron chi connectivity index (χ0n) is 21.6. The van der Waals surface area contributed by atoms with Gasteiger partial charge in [-0.05, 0) is 65.7 Å². The highest BCUT2D eigenvalue weighted by molar-refractivity contribution is 7.96. The molecule has 2 aliphatic rings. The highest BCUT2D eigenvalue weighted by atomic mass is 79.9. The van der Waals surface area contributed by atoms with Crippen molar-refractivity contribution in [2.24, 2.45) is 0 Å². The van der Waals surface area contributed by atoms with E-state index in [0.29, 0.717) is 5.66 Å². The van der Waals surface area contributed by atoms with E-state index in [1.807, 2.05) is 0 Å². The maximum atomic E-state index is 2.51. The lowest BCUT2D eigenvalue weighted by Gasteiger charge is -2.38. The summed E-state index contributed by atoms with van der Waals surface area (Å²) in [5, 5.41) is 9.31. The summed E-state index contributed by atoms with van der Waals surface area (Å²) >= 11 is 0. The third-order valence-corrected chi connectivity index (χ3v) is 12.8. The van der Waals surface area contributed by atoms with Crippen LogP contribution in [0.4, 0.5) is 5.69 Å². The van der Waals surface area contributed by atoms with Crippen LogP contribution < -0.4 is 37.9 Å². The number of fused-ring (bicyclic) bond motifs is 3. The smallest absolute Gasteiger partial charge is 0.130 e. The Morgan fingerprint density at radius 2 is 1.00 bits per heavy atom. The Hall–Kier alpha value is -3.65. The highest BCUT2D eigenvalue weighted by Gasteiger charge is 2.61. The topological polar surface area (TPSA) is 6.48 Å². The highest BCUT2D eigenvalue weighted by Crippen LogP contribution is 2.66. The van der Waals surface area contributed by atoms with Gasteiger partial charge in [0, 0.05) is 6.20 Å². The van der Waals surface area contributed by atoms with E-state index < -0.39 is 7.26 Å². The summed E-state index contributed by atoms with van der Waals surface area (Å²) in [6, 6.07) is 54.0. The average molecular weight is 590 g/mol. The lowest BCUT2D eigenvalue weighted by Crippen LogP contribution is -3.00. The van der Waals surface area contributed by atoms with Crippen molar-refractivity contribution in [2.75, 3.05) is 11.6 Å². The van der Waals surface area contributed by atoms with Crippen LogP contribution in [0.5, 0.6) is 0 Å². The number of benzene rings is 5. The number of rotatable bonds is 5. The Balaban J connectivity index is 0.00000277. The van der Waals surface area contributed by atoms with Gasteiger partial charge in [0.1, 0.15) is 34.9 Å². The molecule has 0 spiro atoms. The minimum Gasteiger partial charge on any atom is -1.00 e. The van der Waals surface area contributed by atoms with Crippen molar-refractivity contribution in [3.63, 3.8) is 0 Å². The minimum absolute atomic E-state index is 0. The molecule has 5 aromatic carbocycles. The Kier molecular flexibility index (Phi) is 7.12. The predicted octanol–water partition coefficient (Wildman–Crippen LogP) is 3.82. The zero-order valence-corrected chi connectivity index (χ0v) is 24.1. The van der Waals surface area contributed by atoms with Crippen LogP contribution in [0.3, 0.4) is 0 Å². The van der Waals surface area contributed by atoms with Gasteiger partial charge < -0.3 is 17.0 Å². The molecule has 0 amide bonds. The molecule has 7 rings (SSSR count). The molecule has 0 bridgehead atoms. The summed E-state index contributed by atoms with van der Waals surface area (Å²) in [5.41, 5.74) is 4.30. The van der Waals surface area contributed by atoms with Crippen LogP contribution in [0, 0.1) is 0 Å². The van der Waals surface area contributed by atoms with Gasteiger partial charge >= 0.3 is 0 Å². The molecule has 1 saturated heterocycles. The summed E-state index contributed by atoms with van der Waals surface area (Å²) in [6.07, 6.45) is 4.58. The van der Waals surface area contributed by atoms with E-state index in [4.69, 9.17) is 0 Å². The van der Waals surface area contributed by atoms with Gasteiger partial charge in [0.25, 0.3) is 0 Å². The van der Waals surface area contributed by atoms with Gasteiger partial charge in [0.05, 0.1) is 12.2 Å². The van der Waals surface area contributed by atoms with Crippen LogP contribution in [0.1, 0.15) is 17.2 Å². The quantitative estimate of drug-likeness (QED) is 0.288. The number of para-hydroxylation sites is 1. The summed E-state index contributed by atoms with van der Waals surface area (Å²) < 4.78 is 0. The Labute approximate surface area is 242 Å². The fourth-order valence-corrected chi connectivity index (χ4v) is 11.6. The van der Waals surface area contributed by atoms with Gasteiger partial charge in [0.15, 0.2) is 0 Å². The molecule has 0 saturated carbocycles. The number of nitrogens with zero attached hydrogens (tertiary/aromatic N) is 2. The second-order valence-electron chi connectivity index (χ2n) is 9.98. The fourth-order valence-electron chi connectivity index (χ4n) is 6.49. The Morgan fingerprint density at radius 3 is 1.54 bits per heavy atom. The largest absolute Gasteiger partial charge is 1.00 e. The lowest BCUT2D eigenvalue weighted by molar-refractivity contribution is -0.00000717. The summed E-state index contributed by atoms with van der Waals surface area (Å²) in [6.45, 7) is 0.930. The molecule has 0 radical (unpaired) electrons. The van der Waals surface area contributed by atoms with Crippen molar-refractivity contribution in [1.82, 2.24) is 5.01 Å². The monoisotopic (exact) mass is 588 g/mol. The molecule has 2 atom stereocenters. The molecule has 5 aromatic rings. The maximum absolute atomic E-state index is 2.51. The predicted molar refractivity (Wildman–Crippen MR) is 163 cm³/mol. The molecular weight excluding hydrogens is 559 g/mol. The molecule has 0 aliphatic carbocycles. The zero-order chi connectivity index (χ0) is 25.4. The molecule has 4 heteroatoms. The van der Waals surface area contributed by atoms with Crippen LogP contribution in [-0.4, -0.2) is 17.2 Å². The van der Waals surface area contributed by atoms with Crippen molar-refractivity contribution in [3.8, 4) is 0 Å². The van der Waals surface area contributed by atoms with E-state index >= 15 is 0 Å². The van der Waals surface area contributed by atoms with E-state index in [-0.39, 0.29) is 23.0 Å². The average Bonchev–Trinajstić information content (AvgIpc) is 3.40. The molecule has 1 fully saturated rings. The van der Waals surface area contributed by atoms with Crippen LogP contribution in [0.2, 0.25) is 0 Å². The molecule has 2 aliphatic heterocycles. The standard InChI is InChI=1S/C35H30N2P.BrH/c1-5-16-29(17-6-1)37-27-34(35-33-24-14-13-15-28(33)25-26-36(35)37)38(30-18-7-2-8-19-30,31-20-9-3-10-21-31)32-22-11-4-12-23-32;/h1-26,34-35H,27H2;1H/q+1;/p-1/t34-,35?;/m1./s1. The number of halogens is 1. The summed E-state index contributed by atoms with van der Waals surface area (Å²) in [7, 11) is -2.12. The molecule has 0 aromatic heterocycles. The Bertz CT molecular complexity index is 1460. The first-order valence-electron chi connectivity index (χ1n) is 13.3. The number of hydrogen-bond acceptors (Lipinski definition) is 2. The fraction of sp³-hybridized carbons (Fsp3) is 0.0857. The second kappa shape index (κ2) is 10.8. The molecule has 2 heterocycles. The maximum Gasteiger partial charge on any atom is 0.130 e. The molecule has 1 unspecified atom stereocenters. The van der Waals surface area contributed by atoms with Crippen LogP contribution in [0.15, 0.2) is 152 Å². The van der Waals surface area contributed by atoms with E-state index in [1.165, 1.54) is 32.7 Å². The van der Waals surface area contributed by atoms with Gasteiger partial charge in [-0.25, -0.2) is 0 Å². The van der Waals surface area contributed by atoms with Crippen molar-refractivity contribution in [2.45, 2.75) is 11.7 Å². The Morgan fingerprint density at radius 1 is 0.538 bits per heavy atom. The summed E-state index contributed by atoms with van der Waals surface area (Å²) in [4.78, 5) is 0.